The first kappa shape index (κ1) is 16.0. The maximum absolute atomic E-state index is 3.67. The van der Waals surface area contributed by atoms with Crippen molar-refractivity contribution in [3.63, 3.8) is 0 Å². The Morgan fingerprint density at radius 1 is 1.20 bits per heavy atom. The molecule has 0 bridgehead atoms. The molecule has 0 aliphatic heterocycles. The van der Waals surface area contributed by atoms with Crippen LogP contribution in [0.4, 0.5) is 0 Å². The zero-order chi connectivity index (χ0) is 14.4. The molecule has 0 saturated heterocycles. The van der Waals surface area contributed by atoms with E-state index >= 15 is 0 Å². The molecule has 1 aromatic rings. The molecule has 0 spiro atoms. The van der Waals surface area contributed by atoms with Gasteiger partial charge >= 0.3 is 0 Å². The van der Waals surface area contributed by atoms with E-state index in [0.717, 1.165) is 24.3 Å². The average molecular weight is 338 g/mol. The van der Waals surface area contributed by atoms with Gasteiger partial charge in [0.2, 0.25) is 0 Å². The molecule has 0 radical (unpaired) electrons. The van der Waals surface area contributed by atoms with Gasteiger partial charge in [0.05, 0.1) is 0 Å². The van der Waals surface area contributed by atoms with Gasteiger partial charge in [-0.05, 0) is 67.8 Å². The van der Waals surface area contributed by atoms with Crippen molar-refractivity contribution in [2.75, 3.05) is 13.1 Å². The van der Waals surface area contributed by atoms with Crippen molar-refractivity contribution in [1.82, 2.24) is 5.32 Å². The van der Waals surface area contributed by atoms with E-state index in [4.69, 9.17) is 0 Å². The van der Waals surface area contributed by atoms with E-state index in [1.165, 1.54) is 48.7 Å². The minimum Gasteiger partial charge on any atom is -0.316 e. The SMILES string of the molecule is CC(C)CNCC1CCCCC1Cc1cccc(Br)c1. The van der Waals surface area contributed by atoms with Crippen LogP contribution in [0.1, 0.15) is 45.1 Å². The summed E-state index contributed by atoms with van der Waals surface area (Å²) >= 11 is 3.59. The van der Waals surface area contributed by atoms with Gasteiger partial charge in [0.15, 0.2) is 0 Å². The lowest BCUT2D eigenvalue weighted by atomic mass is 9.76. The molecule has 1 nitrogen and oxygen atoms in total. The molecule has 2 atom stereocenters. The average Bonchev–Trinajstić information content (AvgIpc) is 2.40. The number of hydrogen-bond donors (Lipinski definition) is 1. The predicted octanol–water partition coefficient (Wildman–Crippen LogP) is 5.04. The number of hydrogen-bond acceptors (Lipinski definition) is 1. The minimum absolute atomic E-state index is 0.752. The Labute approximate surface area is 132 Å². The minimum atomic E-state index is 0.752. The topological polar surface area (TPSA) is 12.0 Å². The molecule has 1 aliphatic carbocycles. The number of halogens is 1. The molecule has 1 fully saturated rings. The van der Waals surface area contributed by atoms with Crippen molar-refractivity contribution in [3.05, 3.63) is 34.3 Å². The molecule has 0 amide bonds. The molecule has 1 saturated carbocycles. The highest BCUT2D eigenvalue weighted by molar-refractivity contribution is 9.10. The van der Waals surface area contributed by atoms with Crippen LogP contribution < -0.4 is 5.32 Å². The van der Waals surface area contributed by atoms with Crippen LogP contribution in [0.2, 0.25) is 0 Å². The molecule has 0 aromatic heterocycles. The van der Waals surface area contributed by atoms with E-state index < -0.39 is 0 Å². The van der Waals surface area contributed by atoms with E-state index in [-0.39, 0.29) is 0 Å². The second-order valence-electron chi connectivity index (χ2n) is 6.69. The van der Waals surface area contributed by atoms with Crippen LogP contribution in [-0.2, 0) is 6.42 Å². The van der Waals surface area contributed by atoms with Gasteiger partial charge in [0.1, 0.15) is 0 Å². The molecule has 2 unspecified atom stereocenters. The van der Waals surface area contributed by atoms with Crippen molar-refractivity contribution in [2.45, 2.75) is 46.0 Å². The Morgan fingerprint density at radius 3 is 2.65 bits per heavy atom. The van der Waals surface area contributed by atoms with Gasteiger partial charge in [-0.3, -0.25) is 0 Å². The predicted molar refractivity (Wildman–Crippen MR) is 91.0 cm³/mol. The first-order valence-corrected chi connectivity index (χ1v) is 8.89. The van der Waals surface area contributed by atoms with E-state index in [9.17, 15) is 0 Å². The van der Waals surface area contributed by atoms with Crippen LogP contribution in [0.3, 0.4) is 0 Å². The van der Waals surface area contributed by atoms with Crippen LogP contribution in [0, 0.1) is 17.8 Å². The summed E-state index contributed by atoms with van der Waals surface area (Å²) in [6.07, 6.45) is 6.89. The number of rotatable bonds is 6. The highest BCUT2D eigenvalue weighted by Crippen LogP contribution is 2.32. The highest BCUT2D eigenvalue weighted by atomic mass is 79.9. The lowest BCUT2D eigenvalue weighted by Gasteiger charge is -2.32. The molecule has 1 aliphatic rings. The summed E-state index contributed by atoms with van der Waals surface area (Å²) in [6.45, 7) is 6.93. The summed E-state index contributed by atoms with van der Waals surface area (Å²) in [6, 6.07) is 8.84. The van der Waals surface area contributed by atoms with Crippen LogP contribution in [0.15, 0.2) is 28.7 Å². The molecular weight excluding hydrogens is 310 g/mol. The van der Waals surface area contributed by atoms with Gasteiger partial charge in [-0.25, -0.2) is 0 Å². The van der Waals surface area contributed by atoms with Crippen LogP contribution in [-0.4, -0.2) is 13.1 Å². The fourth-order valence-corrected chi connectivity index (χ4v) is 3.79. The van der Waals surface area contributed by atoms with Gasteiger partial charge < -0.3 is 5.32 Å². The summed E-state index contributed by atoms with van der Waals surface area (Å²) in [5.41, 5.74) is 1.49. The zero-order valence-corrected chi connectivity index (χ0v) is 14.5. The van der Waals surface area contributed by atoms with Crippen LogP contribution in [0.25, 0.3) is 0 Å². The summed E-state index contributed by atoms with van der Waals surface area (Å²) in [7, 11) is 0. The van der Waals surface area contributed by atoms with Crippen LogP contribution >= 0.6 is 15.9 Å². The third kappa shape index (κ3) is 5.21. The lowest BCUT2D eigenvalue weighted by molar-refractivity contribution is 0.226. The van der Waals surface area contributed by atoms with Crippen molar-refractivity contribution >= 4 is 15.9 Å². The van der Waals surface area contributed by atoms with Gasteiger partial charge in [-0.15, -0.1) is 0 Å². The van der Waals surface area contributed by atoms with Gasteiger partial charge in [0.25, 0.3) is 0 Å². The Bertz CT molecular complexity index is 402. The van der Waals surface area contributed by atoms with Gasteiger partial charge in [0, 0.05) is 4.47 Å². The van der Waals surface area contributed by atoms with E-state index in [2.05, 4.69) is 59.4 Å². The first-order valence-electron chi connectivity index (χ1n) is 8.10. The summed E-state index contributed by atoms with van der Waals surface area (Å²) in [5.74, 6) is 2.47. The Kier molecular flexibility index (Phi) is 6.57. The largest absolute Gasteiger partial charge is 0.316 e. The third-order valence-corrected chi connectivity index (χ3v) is 4.91. The molecule has 1 N–H and O–H groups in total. The standard InChI is InChI=1S/C18H28BrN/c1-14(2)12-20-13-17-8-4-3-7-16(17)10-15-6-5-9-18(19)11-15/h5-6,9,11,14,16-17,20H,3-4,7-8,10,12-13H2,1-2H3. The number of benzene rings is 1. The molecule has 20 heavy (non-hydrogen) atoms. The van der Waals surface area contributed by atoms with Crippen molar-refractivity contribution < 1.29 is 0 Å². The Balaban J connectivity index is 1.89. The first-order chi connectivity index (χ1) is 9.65. The van der Waals surface area contributed by atoms with Gasteiger partial charge in [-0.2, -0.15) is 0 Å². The molecule has 2 rings (SSSR count). The molecule has 112 valence electrons. The fraction of sp³-hybridized carbons (Fsp3) is 0.667. The summed E-state index contributed by atoms with van der Waals surface area (Å²) in [5, 5.41) is 3.67. The second-order valence-corrected chi connectivity index (χ2v) is 7.61. The molecule has 0 heterocycles. The second kappa shape index (κ2) is 8.19. The quantitative estimate of drug-likeness (QED) is 0.766. The maximum Gasteiger partial charge on any atom is 0.0177 e. The Morgan fingerprint density at radius 2 is 1.95 bits per heavy atom. The molecule has 1 aromatic carbocycles. The Hall–Kier alpha value is -0.340. The third-order valence-electron chi connectivity index (χ3n) is 4.41. The van der Waals surface area contributed by atoms with Crippen molar-refractivity contribution in [1.29, 1.82) is 0 Å². The van der Waals surface area contributed by atoms with E-state index in [0.29, 0.717) is 0 Å². The molecule has 2 heteroatoms. The van der Waals surface area contributed by atoms with E-state index in [1.54, 1.807) is 0 Å². The van der Waals surface area contributed by atoms with E-state index in [1.807, 2.05) is 0 Å². The molecular formula is C18H28BrN. The van der Waals surface area contributed by atoms with Crippen LogP contribution in [0.5, 0.6) is 0 Å². The normalized spacial score (nSPS) is 23.2. The van der Waals surface area contributed by atoms with Gasteiger partial charge in [-0.1, -0.05) is 54.8 Å². The highest BCUT2D eigenvalue weighted by Gasteiger charge is 2.24. The smallest absolute Gasteiger partial charge is 0.0177 e. The maximum atomic E-state index is 3.67. The van der Waals surface area contributed by atoms with Crippen molar-refractivity contribution in [2.24, 2.45) is 17.8 Å². The fourth-order valence-electron chi connectivity index (χ4n) is 3.35. The zero-order valence-electron chi connectivity index (χ0n) is 12.9. The number of nitrogens with one attached hydrogen (secondary N) is 1. The van der Waals surface area contributed by atoms with Crippen molar-refractivity contribution in [3.8, 4) is 0 Å². The summed E-state index contributed by atoms with van der Waals surface area (Å²) in [4.78, 5) is 0. The summed E-state index contributed by atoms with van der Waals surface area (Å²) < 4.78 is 1.21. The monoisotopic (exact) mass is 337 g/mol. The lowest BCUT2D eigenvalue weighted by Crippen LogP contribution is -2.33.